The summed E-state index contributed by atoms with van der Waals surface area (Å²) in [6.45, 7) is 4.45. The first-order valence-corrected chi connectivity index (χ1v) is 7.52. The van der Waals surface area contributed by atoms with Crippen LogP contribution in [0.1, 0.15) is 16.7 Å². The van der Waals surface area contributed by atoms with Crippen molar-refractivity contribution >= 4 is 16.6 Å². The van der Waals surface area contributed by atoms with Crippen molar-refractivity contribution in [2.45, 2.75) is 20.4 Å². The fourth-order valence-corrected chi connectivity index (χ4v) is 2.94. The van der Waals surface area contributed by atoms with E-state index in [1.807, 2.05) is 38.1 Å². The van der Waals surface area contributed by atoms with Crippen LogP contribution in [0.2, 0.25) is 0 Å². The molecule has 0 aliphatic heterocycles. The monoisotopic (exact) mass is 304 g/mol. The zero-order valence-corrected chi connectivity index (χ0v) is 13.0. The minimum Gasteiger partial charge on any atom is -0.264 e. The van der Waals surface area contributed by atoms with Crippen LogP contribution in [0, 0.1) is 13.8 Å². The molecule has 0 atom stereocenters. The summed E-state index contributed by atoms with van der Waals surface area (Å²) in [5.41, 5.74) is 4.59. The standard InChI is InChI=1S/C18H16N4O/c1-12-5-6-16-15(8-12)9-13(2)17-20-21(18(23)22(16)17)11-14-4-3-7-19-10-14/h3-10H,11H2,1-2H3. The van der Waals surface area contributed by atoms with Gasteiger partial charge in [-0.1, -0.05) is 17.7 Å². The van der Waals surface area contributed by atoms with Gasteiger partial charge in [0.15, 0.2) is 5.65 Å². The van der Waals surface area contributed by atoms with Gasteiger partial charge in [-0.25, -0.2) is 13.9 Å². The molecule has 23 heavy (non-hydrogen) atoms. The molecule has 0 amide bonds. The third-order valence-electron chi connectivity index (χ3n) is 4.04. The Balaban J connectivity index is 1.99. The van der Waals surface area contributed by atoms with Crippen LogP contribution in [-0.2, 0) is 6.54 Å². The Hall–Kier alpha value is -2.95. The predicted octanol–water partition coefficient (Wildman–Crippen LogP) is 2.71. The molecule has 0 radical (unpaired) electrons. The van der Waals surface area contributed by atoms with Crippen molar-refractivity contribution in [3.63, 3.8) is 0 Å². The molecule has 4 rings (SSSR count). The van der Waals surface area contributed by atoms with Gasteiger partial charge >= 0.3 is 5.69 Å². The lowest BCUT2D eigenvalue weighted by molar-refractivity contribution is 0.658. The number of fused-ring (bicyclic) bond motifs is 3. The van der Waals surface area contributed by atoms with Crippen LogP contribution in [0.3, 0.4) is 0 Å². The molecule has 0 saturated heterocycles. The summed E-state index contributed by atoms with van der Waals surface area (Å²) < 4.78 is 3.19. The molecule has 3 heterocycles. The number of aromatic nitrogens is 4. The van der Waals surface area contributed by atoms with Gasteiger partial charge in [-0.15, -0.1) is 5.10 Å². The summed E-state index contributed by atoms with van der Waals surface area (Å²) in [5, 5.41) is 5.57. The molecule has 0 fully saturated rings. The van der Waals surface area contributed by atoms with E-state index in [0.717, 1.165) is 22.0 Å². The van der Waals surface area contributed by atoms with Gasteiger partial charge in [0.05, 0.1) is 12.1 Å². The summed E-state index contributed by atoms with van der Waals surface area (Å²) in [7, 11) is 0. The maximum Gasteiger partial charge on any atom is 0.351 e. The van der Waals surface area contributed by atoms with Gasteiger partial charge in [0.25, 0.3) is 0 Å². The Morgan fingerprint density at radius 2 is 2.00 bits per heavy atom. The molecule has 5 nitrogen and oxygen atoms in total. The van der Waals surface area contributed by atoms with E-state index in [1.165, 1.54) is 10.2 Å². The van der Waals surface area contributed by atoms with E-state index in [4.69, 9.17) is 0 Å². The van der Waals surface area contributed by atoms with Gasteiger partial charge in [-0.3, -0.25) is 4.98 Å². The molecule has 4 aromatic rings. The van der Waals surface area contributed by atoms with E-state index < -0.39 is 0 Å². The van der Waals surface area contributed by atoms with Crippen molar-refractivity contribution in [2.75, 3.05) is 0 Å². The average molecular weight is 304 g/mol. The third-order valence-corrected chi connectivity index (χ3v) is 4.04. The summed E-state index contributed by atoms with van der Waals surface area (Å²) >= 11 is 0. The topological polar surface area (TPSA) is 52.2 Å². The summed E-state index contributed by atoms with van der Waals surface area (Å²) in [6, 6.07) is 12.0. The number of benzene rings is 1. The fraction of sp³-hybridized carbons (Fsp3) is 0.167. The lowest BCUT2D eigenvalue weighted by atomic mass is 10.1. The highest BCUT2D eigenvalue weighted by molar-refractivity contribution is 5.83. The molecule has 5 heteroatoms. The number of pyridine rings is 2. The first-order valence-electron chi connectivity index (χ1n) is 7.52. The maximum atomic E-state index is 12.8. The molecular weight excluding hydrogens is 288 g/mol. The molecule has 3 aromatic heterocycles. The van der Waals surface area contributed by atoms with Gasteiger partial charge in [-0.05, 0) is 54.6 Å². The molecule has 0 spiro atoms. The lowest BCUT2D eigenvalue weighted by Gasteiger charge is -2.04. The number of hydrogen-bond donors (Lipinski definition) is 0. The van der Waals surface area contributed by atoms with E-state index in [2.05, 4.69) is 22.2 Å². The Labute approximate surface area is 132 Å². The van der Waals surface area contributed by atoms with Crippen LogP contribution in [0.15, 0.2) is 53.6 Å². The van der Waals surface area contributed by atoms with Crippen molar-refractivity contribution in [1.82, 2.24) is 19.2 Å². The molecule has 0 saturated carbocycles. The van der Waals surface area contributed by atoms with Crippen LogP contribution in [0.4, 0.5) is 0 Å². The summed E-state index contributed by atoms with van der Waals surface area (Å²) in [4.78, 5) is 16.9. The highest BCUT2D eigenvalue weighted by atomic mass is 16.2. The first-order chi connectivity index (χ1) is 11.1. The largest absolute Gasteiger partial charge is 0.351 e. The lowest BCUT2D eigenvalue weighted by Crippen LogP contribution is -2.22. The average Bonchev–Trinajstić information content (AvgIpc) is 2.86. The van der Waals surface area contributed by atoms with E-state index in [0.29, 0.717) is 12.2 Å². The third kappa shape index (κ3) is 2.21. The number of rotatable bonds is 2. The second-order valence-corrected chi connectivity index (χ2v) is 5.85. The van der Waals surface area contributed by atoms with E-state index in [9.17, 15) is 4.79 Å². The van der Waals surface area contributed by atoms with Gasteiger partial charge in [0.1, 0.15) is 0 Å². The van der Waals surface area contributed by atoms with Crippen LogP contribution in [-0.4, -0.2) is 19.2 Å². The van der Waals surface area contributed by atoms with E-state index in [-0.39, 0.29) is 5.69 Å². The SMILES string of the molecule is Cc1ccc2c(c1)cc(C)c1nn(Cc3cccnc3)c(=O)n12. The zero-order valence-electron chi connectivity index (χ0n) is 13.0. The summed E-state index contributed by atoms with van der Waals surface area (Å²) in [5.74, 6) is 0. The van der Waals surface area contributed by atoms with Crippen molar-refractivity contribution in [1.29, 1.82) is 0 Å². The Bertz CT molecular complexity index is 1080. The predicted molar refractivity (Wildman–Crippen MR) is 89.8 cm³/mol. The molecule has 0 N–H and O–H groups in total. The van der Waals surface area contributed by atoms with Crippen molar-refractivity contribution in [3.8, 4) is 0 Å². The highest BCUT2D eigenvalue weighted by Gasteiger charge is 2.13. The molecule has 0 aliphatic rings. The van der Waals surface area contributed by atoms with Gasteiger partial charge in [0.2, 0.25) is 0 Å². The van der Waals surface area contributed by atoms with Crippen LogP contribution in [0.25, 0.3) is 16.6 Å². The first kappa shape index (κ1) is 13.7. The van der Waals surface area contributed by atoms with Gasteiger partial charge in [-0.2, -0.15) is 0 Å². The van der Waals surface area contributed by atoms with Crippen molar-refractivity contribution in [3.05, 3.63) is 76.0 Å². The summed E-state index contributed by atoms with van der Waals surface area (Å²) in [6.07, 6.45) is 3.47. The van der Waals surface area contributed by atoms with E-state index >= 15 is 0 Å². The smallest absolute Gasteiger partial charge is 0.264 e. The quantitative estimate of drug-likeness (QED) is 0.572. The minimum absolute atomic E-state index is 0.124. The number of nitrogens with zero attached hydrogens (tertiary/aromatic N) is 4. The Morgan fingerprint density at radius 3 is 2.78 bits per heavy atom. The molecular formula is C18H16N4O. The highest BCUT2D eigenvalue weighted by Crippen LogP contribution is 2.19. The zero-order chi connectivity index (χ0) is 16.0. The fourth-order valence-electron chi connectivity index (χ4n) is 2.94. The second kappa shape index (κ2) is 5.05. The van der Waals surface area contributed by atoms with Crippen LogP contribution in [0.5, 0.6) is 0 Å². The van der Waals surface area contributed by atoms with E-state index in [1.54, 1.807) is 16.8 Å². The maximum absolute atomic E-state index is 12.8. The normalized spacial score (nSPS) is 11.4. The van der Waals surface area contributed by atoms with Crippen LogP contribution < -0.4 is 5.69 Å². The second-order valence-electron chi connectivity index (χ2n) is 5.85. The Kier molecular flexibility index (Phi) is 3.01. The number of aryl methyl sites for hydroxylation is 2. The van der Waals surface area contributed by atoms with Crippen molar-refractivity contribution in [2.24, 2.45) is 0 Å². The van der Waals surface area contributed by atoms with Gasteiger partial charge in [0, 0.05) is 12.4 Å². The minimum atomic E-state index is -0.124. The number of hydrogen-bond acceptors (Lipinski definition) is 3. The Morgan fingerprint density at radius 1 is 1.13 bits per heavy atom. The molecule has 114 valence electrons. The van der Waals surface area contributed by atoms with Crippen molar-refractivity contribution < 1.29 is 0 Å². The molecule has 0 aliphatic carbocycles. The van der Waals surface area contributed by atoms with Crippen LogP contribution >= 0.6 is 0 Å². The van der Waals surface area contributed by atoms with Gasteiger partial charge < -0.3 is 0 Å². The molecule has 1 aromatic carbocycles. The molecule has 0 unspecified atom stereocenters. The molecule has 0 bridgehead atoms.